The van der Waals surface area contributed by atoms with Crippen molar-refractivity contribution >= 4 is 17.6 Å². The number of ether oxygens (including phenoxy) is 2. The molecule has 0 saturated carbocycles. The molecule has 134 valence electrons. The zero-order valence-corrected chi connectivity index (χ0v) is 14.6. The van der Waals surface area contributed by atoms with Crippen LogP contribution in [0.2, 0.25) is 0 Å². The number of pyridine rings is 1. The molecule has 8 nitrogen and oxygen atoms in total. The highest BCUT2D eigenvalue weighted by molar-refractivity contribution is 5.55. The highest BCUT2D eigenvalue weighted by Gasteiger charge is 2.08. The maximum absolute atomic E-state index is 5.44. The molecule has 2 N–H and O–H groups in total. The van der Waals surface area contributed by atoms with E-state index in [0.29, 0.717) is 25.0 Å². The molecular formula is C18H20N6O2. The van der Waals surface area contributed by atoms with Crippen LogP contribution in [0.1, 0.15) is 12.5 Å². The van der Waals surface area contributed by atoms with Gasteiger partial charge in [0.05, 0.1) is 13.7 Å². The van der Waals surface area contributed by atoms with Crippen LogP contribution in [0.5, 0.6) is 11.8 Å². The Bertz CT molecular complexity index is 827. The minimum atomic E-state index is 0.257. The third-order valence-electron chi connectivity index (χ3n) is 3.41. The topological polar surface area (TPSA) is 94.1 Å². The normalized spacial score (nSPS) is 10.2. The molecule has 0 bridgehead atoms. The molecule has 0 aliphatic carbocycles. The minimum Gasteiger partial charge on any atom is -0.497 e. The van der Waals surface area contributed by atoms with E-state index in [1.807, 2.05) is 43.3 Å². The number of aromatic nitrogens is 4. The van der Waals surface area contributed by atoms with Gasteiger partial charge in [0.25, 0.3) is 0 Å². The lowest BCUT2D eigenvalue weighted by Crippen LogP contribution is -2.09. The van der Waals surface area contributed by atoms with E-state index >= 15 is 0 Å². The molecule has 0 atom stereocenters. The van der Waals surface area contributed by atoms with Crippen molar-refractivity contribution in [3.63, 3.8) is 0 Å². The number of methoxy groups -OCH3 is 1. The Kier molecular flexibility index (Phi) is 5.76. The average molecular weight is 352 g/mol. The van der Waals surface area contributed by atoms with Gasteiger partial charge in [0.15, 0.2) is 0 Å². The number of rotatable bonds is 8. The number of nitrogens with zero attached hydrogens (tertiary/aromatic N) is 4. The summed E-state index contributed by atoms with van der Waals surface area (Å²) in [7, 11) is 1.63. The Morgan fingerprint density at radius 3 is 2.50 bits per heavy atom. The van der Waals surface area contributed by atoms with Gasteiger partial charge in [-0.1, -0.05) is 6.07 Å². The van der Waals surface area contributed by atoms with E-state index in [1.165, 1.54) is 0 Å². The van der Waals surface area contributed by atoms with Gasteiger partial charge in [0, 0.05) is 24.6 Å². The standard InChI is InChI=1S/C18H20N6O2/c1-3-26-18-23-16(20-12-13-5-4-10-19-11-13)22-17(24-18)21-14-6-8-15(25-2)9-7-14/h4-11H,3,12H2,1-2H3,(H2,20,21,22,23,24). The summed E-state index contributed by atoms with van der Waals surface area (Å²) in [6, 6.07) is 11.6. The molecule has 0 saturated heterocycles. The molecule has 0 aliphatic rings. The predicted molar refractivity (Wildman–Crippen MR) is 98.8 cm³/mol. The van der Waals surface area contributed by atoms with Crippen molar-refractivity contribution in [2.24, 2.45) is 0 Å². The van der Waals surface area contributed by atoms with Crippen LogP contribution in [0.3, 0.4) is 0 Å². The minimum absolute atomic E-state index is 0.257. The summed E-state index contributed by atoms with van der Waals surface area (Å²) in [6.45, 7) is 2.89. The van der Waals surface area contributed by atoms with E-state index in [0.717, 1.165) is 17.0 Å². The monoisotopic (exact) mass is 352 g/mol. The van der Waals surface area contributed by atoms with E-state index in [4.69, 9.17) is 9.47 Å². The van der Waals surface area contributed by atoms with E-state index in [1.54, 1.807) is 19.5 Å². The average Bonchev–Trinajstić information content (AvgIpc) is 2.68. The van der Waals surface area contributed by atoms with Crippen molar-refractivity contribution in [2.45, 2.75) is 13.5 Å². The van der Waals surface area contributed by atoms with Crippen LogP contribution < -0.4 is 20.1 Å². The molecule has 0 unspecified atom stereocenters. The van der Waals surface area contributed by atoms with Crippen LogP contribution in [0.15, 0.2) is 48.8 Å². The lowest BCUT2D eigenvalue weighted by Gasteiger charge is -2.10. The third-order valence-corrected chi connectivity index (χ3v) is 3.41. The maximum atomic E-state index is 5.44. The van der Waals surface area contributed by atoms with E-state index in [9.17, 15) is 0 Å². The fourth-order valence-corrected chi connectivity index (χ4v) is 2.17. The summed E-state index contributed by atoms with van der Waals surface area (Å²) < 4.78 is 10.6. The molecule has 2 heterocycles. The smallest absolute Gasteiger partial charge is 0.323 e. The molecule has 0 fully saturated rings. The molecule has 2 aromatic heterocycles. The fraction of sp³-hybridized carbons (Fsp3) is 0.222. The Morgan fingerprint density at radius 2 is 1.81 bits per heavy atom. The van der Waals surface area contributed by atoms with Crippen LogP contribution in [0.25, 0.3) is 0 Å². The first-order valence-electron chi connectivity index (χ1n) is 8.19. The molecule has 0 aliphatic heterocycles. The molecule has 8 heteroatoms. The summed E-state index contributed by atoms with van der Waals surface area (Å²) >= 11 is 0. The van der Waals surface area contributed by atoms with Gasteiger partial charge in [-0.25, -0.2) is 0 Å². The Labute approximate surface area is 151 Å². The van der Waals surface area contributed by atoms with Gasteiger partial charge >= 0.3 is 6.01 Å². The molecule has 0 amide bonds. The SMILES string of the molecule is CCOc1nc(NCc2cccnc2)nc(Nc2ccc(OC)cc2)n1. The lowest BCUT2D eigenvalue weighted by molar-refractivity contribution is 0.312. The molecule has 3 rings (SSSR count). The number of benzene rings is 1. The predicted octanol–water partition coefficient (Wildman–Crippen LogP) is 3.03. The molecule has 26 heavy (non-hydrogen) atoms. The van der Waals surface area contributed by atoms with Crippen molar-refractivity contribution in [2.75, 3.05) is 24.4 Å². The zero-order chi connectivity index (χ0) is 18.2. The lowest BCUT2D eigenvalue weighted by atomic mass is 10.3. The maximum Gasteiger partial charge on any atom is 0.323 e. The quantitative estimate of drug-likeness (QED) is 0.639. The first kappa shape index (κ1) is 17.4. The van der Waals surface area contributed by atoms with Gasteiger partial charge in [0.2, 0.25) is 11.9 Å². The van der Waals surface area contributed by atoms with Crippen LogP contribution in [-0.4, -0.2) is 33.7 Å². The summed E-state index contributed by atoms with van der Waals surface area (Å²) in [5.74, 6) is 1.59. The summed E-state index contributed by atoms with van der Waals surface area (Å²) in [5, 5.41) is 6.30. The highest BCUT2D eigenvalue weighted by atomic mass is 16.5. The zero-order valence-electron chi connectivity index (χ0n) is 14.6. The van der Waals surface area contributed by atoms with Crippen molar-refractivity contribution in [3.05, 3.63) is 54.4 Å². The summed E-state index contributed by atoms with van der Waals surface area (Å²) in [5.41, 5.74) is 1.85. The Morgan fingerprint density at radius 1 is 1.00 bits per heavy atom. The number of nitrogens with one attached hydrogen (secondary N) is 2. The van der Waals surface area contributed by atoms with Crippen molar-refractivity contribution in [3.8, 4) is 11.8 Å². The molecular weight excluding hydrogens is 332 g/mol. The Hall–Kier alpha value is -3.42. The third kappa shape index (κ3) is 4.79. The van der Waals surface area contributed by atoms with E-state index < -0.39 is 0 Å². The van der Waals surface area contributed by atoms with Crippen LogP contribution >= 0.6 is 0 Å². The van der Waals surface area contributed by atoms with Gasteiger partial charge in [-0.15, -0.1) is 0 Å². The summed E-state index contributed by atoms with van der Waals surface area (Å²) in [6.07, 6.45) is 3.52. The van der Waals surface area contributed by atoms with E-state index in [-0.39, 0.29) is 6.01 Å². The first-order chi connectivity index (χ1) is 12.8. The largest absolute Gasteiger partial charge is 0.497 e. The van der Waals surface area contributed by atoms with Crippen molar-refractivity contribution in [1.82, 2.24) is 19.9 Å². The number of anilines is 3. The Balaban J connectivity index is 1.76. The van der Waals surface area contributed by atoms with Gasteiger partial charge in [-0.3, -0.25) is 4.98 Å². The highest BCUT2D eigenvalue weighted by Crippen LogP contribution is 2.20. The fourth-order valence-electron chi connectivity index (χ4n) is 2.17. The second-order valence-corrected chi connectivity index (χ2v) is 5.27. The second-order valence-electron chi connectivity index (χ2n) is 5.27. The van der Waals surface area contributed by atoms with Crippen LogP contribution in [0, 0.1) is 0 Å². The number of hydrogen-bond donors (Lipinski definition) is 2. The molecule has 0 spiro atoms. The molecule has 0 radical (unpaired) electrons. The molecule has 3 aromatic rings. The number of hydrogen-bond acceptors (Lipinski definition) is 8. The first-order valence-corrected chi connectivity index (χ1v) is 8.19. The van der Waals surface area contributed by atoms with Gasteiger partial charge < -0.3 is 20.1 Å². The van der Waals surface area contributed by atoms with Gasteiger partial charge in [-0.05, 0) is 42.8 Å². The van der Waals surface area contributed by atoms with Gasteiger partial charge in [0.1, 0.15) is 5.75 Å². The van der Waals surface area contributed by atoms with Crippen molar-refractivity contribution in [1.29, 1.82) is 0 Å². The van der Waals surface area contributed by atoms with Gasteiger partial charge in [-0.2, -0.15) is 15.0 Å². The van der Waals surface area contributed by atoms with Crippen LogP contribution in [0.4, 0.5) is 17.6 Å². The van der Waals surface area contributed by atoms with Crippen LogP contribution in [-0.2, 0) is 6.54 Å². The molecule has 1 aromatic carbocycles. The second kappa shape index (κ2) is 8.61. The van der Waals surface area contributed by atoms with E-state index in [2.05, 4.69) is 30.6 Å². The van der Waals surface area contributed by atoms with Crippen molar-refractivity contribution < 1.29 is 9.47 Å². The summed E-state index contributed by atoms with van der Waals surface area (Å²) in [4.78, 5) is 17.0.